The number of anilines is 1. The van der Waals surface area contributed by atoms with Crippen LogP contribution in [-0.4, -0.2) is 27.4 Å². The summed E-state index contributed by atoms with van der Waals surface area (Å²) < 4.78 is 28.8. The minimum atomic E-state index is -3.25. The molecule has 0 spiro atoms. The van der Waals surface area contributed by atoms with Gasteiger partial charge in [0.25, 0.3) is 0 Å². The molecule has 0 saturated heterocycles. The number of primary amides is 1. The number of nitrogens with two attached hydrogens (primary N) is 1. The minimum Gasteiger partial charge on any atom is -0.449 e. The van der Waals surface area contributed by atoms with Gasteiger partial charge in [-0.1, -0.05) is 12.1 Å². The number of nitrogens with one attached hydrogen (secondary N) is 1. The highest BCUT2D eigenvalue weighted by Gasteiger charge is 2.01. The Labute approximate surface area is 99.8 Å². The van der Waals surface area contributed by atoms with Crippen LogP contribution < -0.4 is 10.5 Å². The van der Waals surface area contributed by atoms with Gasteiger partial charge in [0.1, 0.15) is 0 Å². The first-order chi connectivity index (χ1) is 7.87. The second-order valence-corrected chi connectivity index (χ2v) is 5.24. The molecule has 0 atom stereocenters. The quantitative estimate of drug-likeness (QED) is 0.812. The Hall–Kier alpha value is -1.76. The van der Waals surface area contributed by atoms with E-state index >= 15 is 0 Å². The number of hydrogen-bond acceptors (Lipinski definition) is 4. The molecule has 7 heteroatoms. The highest BCUT2D eigenvalue weighted by Crippen LogP contribution is 2.11. The zero-order valence-electron chi connectivity index (χ0n) is 9.34. The van der Waals surface area contributed by atoms with Crippen LogP contribution >= 0.6 is 0 Å². The molecule has 0 aliphatic carbocycles. The van der Waals surface area contributed by atoms with Crippen LogP contribution in [-0.2, 0) is 21.2 Å². The van der Waals surface area contributed by atoms with E-state index in [1.165, 1.54) is 0 Å². The lowest BCUT2D eigenvalue weighted by Gasteiger charge is -2.05. The zero-order valence-corrected chi connectivity index (χ0v) is 10.2. The summed E-state index contributed by atoms with van der Waals surface area (Å²) in [5.74, 6) is 0. The van der Waals surface area contributed by atoms with Gasteiger partial charge in [-0.25, -0.2) is 13.2 Å². The molecule has 1 aromatic rings. The number of sulfonamides is 1. The fraction of sp³-hybridized carbons (Fsp3) is 0.300. The van der Waals surface area contributed by atoms with Crippen LogP contribution in [0, 0.1) is 0 Å². The van der Waals surface area contributed by atoms with Crippen LogP contribution in [0.15, 0.2) is 24.3 Å². The maximum absolute atomic E-state index is 11.0. The van der Waals surface area contributed by atoms with E-state index in [0.717, 1.165) is 11.8 Å². The number of carbonyl (C=O) groups is 1. The van der Waals surface area contributed by atoms with E-state index in [-0.39, 0.29) is 6.61 Å². The van der Waals surface area contributed by atoms with Crippen molar-refractivity contribution in [3.05, 3.63) is 29.8 Å². The third-order valence-electron chi connectivity index (χ3n) is 1.89. The highest BCUT2D eigenvalue weighted by molar-refractivity contribution is 7.92. The SMILES string of the molecule is CS(=O)(=O)Nc1ccc(CCOC(N)=O)cc1. The maximum Gasteiger partial charge on any atom is 0.404 e. The van der Waals surface area contributed by atoms with Crippen molar-refractivity contribution in [2.75, 3.05) is 17.6 Å². The summed E-state index contributed by atoms with van der Waals surface area (Å²) in [6, 6.07) is 6.77. The van der Waals surface area contributed by atoms with Gasteiger partial charge < -0.3 is 10.5 Å². The molecule has 0 aromatic heterocycles. The Balaban J connectivity index is 2.53. The van der Waals surface area contributed by atoms with E-state index in [9.17, 15) is 13.2 Å². The van der Waals surface area contributed by atoms with Gasteiger partial charge in [-0.2, -0.15) is 0 Å². The van der Waals surface area contributed by atoms with Gasteiger partial charge in [-0.3, -0.25) is 4.72 Å². The molecule has 0 aliphatic heterocycles. The van der Waals surface area contributed by atoms with E-state index in [0.29, 0.717) is 12.1 Å². The number of hydrogen-bond donors (Lipinski definition) is 2. The first-order valence-corrected chi connectivity index (χ1v) is 6.75. The van der Waals surface area contributed by atoms with Gasteiger partial charge in [0, 0.05) is 12.1 Å². The average molecular weight is 258 g/mol. The first-order valence-electron chi connectivity index (χ1n) is 4.86. The molecule has 0 fully saturated rings. The molecule has 1 amide bonds. The van der Waals surface area contributed by atoms with Gasteiger partial charge in [0.15, 0.2) is 0 Å². The van der Waals surface area contributed by atoms with Crippen molar-refractivity contribution in [1.29, 1.82) is 0 Å². The molecule has 0 radical (unpaired) electrons. The molecule has 1 aromatic carbocycles. The molecule has 6 nitrogen and oxygen atoms in total. The molecule has 0 saturated carbocycles. The molecule has 94 valence electrons. The maximum atomic E-state index is 11.0. The van der Waals surface area contributed by atoms with Crippen molar-refractivity contribution in [1.82, 2.24) is 0 Å². The fourth-order valence-corrected chi connectivity index (χ4v) is 1.79. The Morgan fingerprint density at radius 2 is 1.94 bits per heavy atom. The number of amides is 1. The molecule has 17 heavy (non-hydrogen) atoms. The van der Waals surface area contributed by atoms with Crippen LogP contribution in [0.1, 0.15) is 5.56 Å². The lowest BCUT2D eigenvalue weighted by atomic mass is 10.1. The monoisotopic (exact) mass is 258 g/mol. The van der Waals surface area contributed by atoms with E-state index in [1.54, 1.807) is 24.3 Å². The van der Waals surface area contributed by atoms with Crippen LogP contribution in [0.25, 0.3) is 0 Å². The normalized spacial score (nSPS) is 10.9. The highest BCUT2D eigenvalue weighted by atomic mass is 32.2. The van der Waals surface area contributed by atoms with Crippen LogP contribution in [0.5, 0.6) is 0 Å². The molecule has 0 aliphatic rings. The summed E-state index contributed by atoms with van der Waals surface area (Å²) in [5, 5.41) is 0. The van der Waals surface area contributed by atoms with E-state index in [1.807, 2.05) is 0 Å². The third-order valence-corrected chi connectivity index (χ3v) is 2.50. The van der Waals surface area contributed by atoms with Crippen molar-refractivity contribution in [2.24, 2.45) is 5.73 Å². The average Bonchev–Trinajstić information content (AvgIpc) is 2.18. The summed E-state index contributed by atoms with van der Waals surface area (Å²) in [7, 11) is -3.25. The Morgan fingerprint density at radius 1 is 1.35 bits per heavy atom. The van der Waals surface area contributed by atoms with Crippen molar-refractivity contribution in [3.8, 4) is 0 Å². The Kier molecular flexibility index (Phi) is 4.33. The fourth-order valence-electron chi connectivity index (χ4n) is 1.22. The predicted molar refractivity (Wildman–Crippen MR) is 64.1 cm³/mol. The van der Waals surface area contributed by atoms with Crippen LogP contribution in [0.4, 0.5) is 10.5 Å². The first kappa shape index (κ1) is 13.3. The van der Waals surface area contributed by atoms with Crippen molar-refractivity contribution in [3.63, 3.8) is 0 Å². The Bertz CT molecular complexity index is 482. The summed E-state index contributed by atoms with van der Waals surface area (Å²) in [5.41, 5.74) is 6.23. The standard InChI is InChI=1S/C10H14N2O4S/c1-17(14,15)12-9-4-2-8(3-5-9)6-7-16-10(11)13/h2-5,12H,6-7H2,1H3,(H2,11,13). The molecule has 1 rings (SSSR count). The molecular weight excluding hydrogens is 244 g/mol. The predicted octanol–water partition coefficient (Wildman–Crippen LogP) is 0.696. The lowest BCUT2D eigenvalue weighted by molar-refractivity contribution is 0.158. The van der Waals surface area contributed by atoms with Gasteiger partial charge >= 0.3 is 6.09 Å². The van der Waals surface area contributed by atoms with E-state index in [2.05, 4.69) is 9.46 Å². The largest absolute Gasteiger partial charge is 0.449 e. The van der Waals surface area contributed by atoms with Gasteiger partial charge in [0.2, 0.25) is 10.0 Å². The third kappa shape index (κ3) is 5.76. The number of benzene rings is 1. The van der Waals surface area contributed by atoms with E-state index in [4.69, 9.17) is 5.73 Å². The van der Waals surface area contributed by atoms with E-state index < -0.39 is 16.1 Å². The molecule has 3 N–H and O–H groups in total. The van der Waals surface area contributed by atoms with Gasteiger partial charge in [-0.05, 0) is 17.7 Å². The molecule has 0 unspecified atom stereocenters. The number of ether oxygens (including phenoxy) is 1. The van der Waals surface area contributed by atoms with Crippen molar-refractivity contribution < 1.29 is 17.9 Å². The Morgan fingerprint density at radius 3 is 2.41 bits per heavy atom. The molecule has 0 bridgehead atoms. The topological polar surface area (TPSA) is 98.5 Å². The minimum absolute atomic E-state index is 0.203. The van der Waals surface area contributed by atoms with Gasteiger partial charge in [-0.15, -0.1) is 0 Å². The summed E-state index contributed by atoms with van der Waals surface area (Å²) in [6.07, 6.45) is 0.810. The lowest BCUT2D eigenvalue weighted by Crippen LogP contribution is -2.14. The number of rotatable bonds is 5. The zero-order chi connectivity index (χ0) is 12.9. The second-order valence-electron chi connectivity index (χ2n) is 3.49. The smallest absolute Gasteiger partial charge is 0.404 e. The molecular formula is C10H14N2O4S. The summed E-state index contributed by atoms with van der Waals surface area (Å²) in [6.45, 7) is 0.203. The molecule has 0 heterocycles. The van der Waals surface area contributed by atoms with Crippen molar-refractivity contribution >= 4 is 21.8 Å². The van der Waals surface area contributed by atoms with Gasteiger partial charge in [0.05, 0.1) is 12.9 Å². The van der Waals surface area contributed by atoms with Crippen molar-refractivity contribution in [2.45, 2.75) is 6.42 Å². The number of carbonyl (C=O) groups excluding carboxylic acids is 1. The van der Waals surface area contributed by atoms with Crippen LogP contribution in [0.3, 0.4) is 0 Å². The summed E-state index contributed by atoms with van der Waals surface area (Å²) >= 11 is 0. The van der Waals surface area contributed by atoms with Crippen LogP contribution in [0.2, 0.25) is 0 Å². The second kappa shape index (κ2) is 5.53. The summed E-state index contributed by atoms with van der Waals surface area (Å²) in [4.78, 5) is 10.3.